The average molecular weight is 243 g/mol. The Hall–Kier alpha value is -1.11. The molecule has 1 rings (SSSR count). The van der Waals surface area contributed by atoms with E-state index in [4.69, 9.17) is 5.73 Å². The quantitative estimate of drug-likeness (QED) is 0.742. The first-order valence-electron chi connectivity index (χ1n) is 5.01. The van der Waals surface area contributed by atoms with Gasteiger partial charge in [-0.05, 0) is 17.7 Å². The van der Waals surface area contributed by atoms with Crippen LogP contribution < -0.4 is 10.5 Å². The highest BCUT2D eigenvalue weighted by Gasteiger charge is 2.15. The van der Waals surface area contributed by atoms with Gasteiger partial charge in [0.25, 0.3) is 10.2 Å². The number of rotatable bonds is 5. The van der Waals surface area contributed by atoms with E-state index in [-0.39, 0.29) is 0 Å². The summed E-state index contributed by atoms with van der Waals surface area (Å²) in [7, 11) is -1.85. The highest BCUT2D eigenvalue weighted by atomic mass is 32.2. The normalized spacial score (nSPS) is 11.9. The van der Waals surface area contributed by atoms with Crippen molar-refractivity contribution in [2.45, 2.75) is 13.5 Å². The monoisotopic (exact) mass is 243 g/mol. The molecule has 0 aliphatic carbocycles. The zero-order chi connectivity index (χ0) is 12.2. The van der Waals surface area contributed by atoms with Crippen LogP contribution in [0.1, 0.15) is 12.5 Å². The number of nitrogens with zero attached hydrogens (tertiary/aromatic N) is 1. The molecule has 0 amide bonds. The van der Waals surface area contributed by atoms with Crippen LogP contribution in [0.5, 0.6) is 0 Å². The van der Waals surface area contributed by atoms with E-state index in [1.54, 1.807) is 25.1 Å². The highest BCUT2D eigenvalue weighted by Crippen LogP contribution is 2.10. The molecule has 0 unspecified atom stereocenters. The third-order valence-electron chi connectivity index (χ3n) is 2.09. The van der Waals surface area contributed by atoms with E-state index in [0.29, 0.717) is 18.8 Å². The van der Waals surface area contributed by atoms with Crippen LogP contribution in [0.15, 0.2) is 24.3 Å². The van der Waals surface area contributed by atoms with Crippen LogP contribution in [0, 0.1) is 0 Å². The molecule has 5 nitrogen and oxygen atoms in total. The van der Waals surface area contributed by atoms with Crippen LogP contribution in [0.4, 0.5) is 5.69 Å². The van der Waals surface area contributed by atoms with Crippen molar-refractivity contribution in [3.63, 3.8) is 0 Å². The molecule has 0 bridgehead atoms. The molecule has 0 spiro atoms. The summed E-state index contributed by atoms with van der Waals surface area (Å²) in [5.41, 5.74) is 7.11. The predicted octanol–water partition coefficient (Wildman–Crippen LogP) is 0.555. The summed E-state index contributed by atoms with van der Waals surface area (Å²) in [6.07, 6.45) is 0. The van der Waals surface area contributed by atoms with Gasteiger partial charge in [0.2, 0.25) is 0 Å². The van der Waals surface area contributed by atoms with Gasteiger partial charge in [0.05, 0.1) is 0 Å². The lowest BCUT2D eigenvalue weighted by atomic mass is 10.2. The summed E-state index contributed by atoms with van der Waals surface area (Å²) in [6, 6.07) is 7.17. The Morgan fingerprint density at radius 1 is 1.44 bits per heavy atom. The number of anilines is 1. The topological polar surface area (TPSA) is 75.4 Å². The van der Waals surface area contributed by atoms with Gasteiger partial charge < -0.3 is 5.73 Å². The first-order chi connectivity index (χ1) is 7.45. The minimum atomic E-state index is -3.38. The number of hydrogen-bond donors (Lipinski definition) is 2. The summed E-state index contributed by atoms with van der Waals surface area (Å²) < 4.78 is 26.9. The van der Waals surface area contributed by atoms with Crippen LogP contribution in [-0.4, -0.2) is 26.3 Å². The van der Waals surface area contributed by atoms with Gasteiger partial charge in [-0.3, -0.25) is 0 Å². The van der Waals surface area contributed by atoms with Crippen molar-refractivity contribution in [3.8, 4) is 0 Å². The molecular weight excluding hydrogens is 226 g/mol. The largest absolute Gasteiger partial charge is 0.399 e. The molecular formula is C10H17N3O2S. The van der Waals surface area contributed by atoms with E-state index in [9.17, 15) is 8.42 Å². The van der Waals surface area contributed by atoms with Crippen molar-refractivity contribution < 1.29 is 8.42 Å². The standard InChI is InChI=1S/C10H17N3O2S/c1-3-12-16(14,15)13(2)8-9-5-4-6-10(11)7-9/h4-7,12H,3,8,11H2,1-2H3. The van der Waals surface area contributed by atoms with Crippen LogP contribution in [0.3, 0.4) is 0 Å². The Morgan fingerprint density at radius 2 is 2.12 bits per heavy atom. The van der Waals surface area contributed by atoms with Crippen LogP contribution >= 0.6 is 0 Å². The molecule has 0 aliphatic rings. The van der Waals surface area contributed by atoms with E-state index < -0.39 is 10.2 Å². The van der Waals surface area contributed by atoms with Crippen LogP contribution in [0.2, 0.25) is 0 Å². The van der Waals surface area contributed by atoms with Crippen molar-refractivity contribution in [3.05, 3.63) is 29.8 Å². The maximum atomic E-state index is 11.6. The van der Waals surface area contributed by atoms with Crippen molar-refractivity contribution in [2.24, 2.45) is 0 Å². The SMILES string of the molecule is CCNS(=O)(=O)N(C)Cc1cccc(N)c1. The Balaban J connectivity index is 2.75. The zero-order valence-electron chi connectivity index (χ0n) is 9.47. The number of benzene rings is 1. The zero-order valence-corrected chi connectivity index (χ0v) is 10.3. The molecule has 0 atom stereocenters. The average Bonchev–Trinajstić information content (AvgIpc) is 2.17. The molecule has 0 fully saturated rings. The van der Waals surface area contributed by atoms with E-state index in [2.05, 4.69) is 4.72 Å². The summed E-state index contributed by atoms with van der Waals surface area (Å²) in [5, 5.41) is 0. The van der Waals surface area contributed by atoms with Crippen LogP contribution in [-0.2, 0) is 16.8 Å². The Morgan fingerprint density at radius 3 is 2.69 bits per heavy atom. The van der Waals surface area contributed by atoms with Crippen molar-refractivity contribution in [2.75, 3.05) is 19.3 Å². The lowest BCUT2D eigenvalue weighted by Gasteiger charge is -2.17. The van der Waals surface area contributed by atoms with E-state index in [1.807, 2.05) is 6.07 Å². The lowest BCUT2D eigenvalue weighted by Crippen LogP contribution is -2.37. The number of hydrogen-bond acceptors (Lipinski definition) is 3. The molecule has 16 heavy (non-hydrogen) atoms. The van der Waals surface area contributed by atoms with Crippen molar-refractivity contribution >= 4 is 15.9 Å². The summed E-state index contributed by atoms with van der Waals surface area (Å²) in [5.74, 6) is 0. The van der Waals surface area contributed by atoms with E-state index >= 15 is 0 Å². The molecule has 1 aromatic carbocycles. The molecule has 6 heteroatoms. The smallest absolute Gasteiger partial charge is 0.279 e. The number of nitrogens with two attached hydrogens (primary N) is 1. The summed E-state index contributed by atoms with van der Waals surface area (Å²) in [4.78, 5) is 0. The second-order valence-corrected chi connectivity index (χ2v) is 5.37. The minimum absolute atomic E-state index is 0.306. The third kappa shape index (κ3) is 3.48. The van der Waals surface area contributed by atoms with Gasteiger partial charge in [0.1, 0.15) is 0 Å². The second kappa shape index (κ2) is 5.29. The van der Waals surface area contributed by atoms with Gasteiger partial charge >= 0.3 is 0 Å². The molecule has 0 saturated carbocycles. The molecule has 90 valence electrons. The Bertz CT molecular complexity index is 445. The van der Waals surface area contributed by atoms with Crippen molar-refractivity contribution in [1.29, 1.82) is 0 Å². The maximum absolute atomic E-state index is 11.6. The predicted molar refractivity (Wildman–Crippen MR) is 64.9 cm³/mol. The summed E-state index contributed by atoms with van der Waals surface area (Å²) >= 11 is 0. The molecule has 0 aromatic heterocycles. The molecule has 3 N–H and O–H groups in total. The fourth-order valence-electron chi connectivity index (χ4n) is 1.33. The number of nitrogens with one attached hydrogen (secondary N) is 1. The minimum Gasteiger partial charge on any atom is -0.399 e. The van der Waals surface area contributed by atoms with Crippen LogP contribution in [0.25, 0.3) is 0 Å². The first-order valence-corrected chi connectivity index (χ1v) is 6.45. The fraction of sp³-hybridized carbons (Fsp3) is 0.400. The van der Waals surface area contributed by atoms with Gasteiger partial charge in [-0.1, -0.05) is 19.1 Å². The lowest BCUT2D eigenvalue weighted by molar-refractivity contribution is 0.456. The molecule has 0 heterocycles. The molecule has 0 aliphatic heterocycles. The van der Waals surface area contributed by atoms with Gasteiger partial charge in [0.15, 0.2) is 0 Å². The molecule has 1 aromatic rings. The van der Waals surface area contributed by atoms with Gasteiger partial charge in [-0.25, -0.2) is 4.72 Å². The highest BCUT2D eigenvalue weighted by molar-refractivity contribution is 7.87. The molecule has 0 radical (unpaired) electrons. The van der Waals surface area contributed by atoms with Crippen molar-refractivity contribution in [1.82, 2.24) is 9.03 Å². The Labute approximate surface area is 96.4 Å². The fourth-order valence-corrected chi connectivity index (χ4v) is 2.23. The second-order valence-electron chi connectivity index (χ2n) is 3.50. The van der Waals surface area contributed by atoms with Gasteiger partial charge in [0, 0.05) is 25.8 Å². The van der Waals surface area contributed by atoms with Gasteiger partial charge in [-0.2, -0.15) is 12.7 Å². The first kappa shape index (κ1) is 13.0. The third-order valence-corrected chi connectivity index (χ3v) is 3.70. The molecule has 0 saturated heterocycles. The van der Waals surface area contributed by atoms with Gasteiger partial charge in [-0.15, -0.1) is 0 Å². The van der Waals surface area contributed by atoms with E-state index in [1.165, 1.54) is 11.4 Å². The van der Waals surface area contributed by atoms with E-state index in [0.717, 1.165) is 5.56 Å². The number of nitrogen functional groups attached to an aromatic ring is 1. The maximum Gasteiger partial charge on any atom is 0.279 e. The Kier molecular flexibility index (Phi) is 4.28. The summed E-state index contributed by atoms with van der Waals surface area (Å²) in [6.45, 7) is 2.43.